The highest BCUT2D eigenvalue weighted by Gasteiger charge is 2.10. The van der Waals surface area contributed by atoms with Crippen molar-refractivity contribution < 1.29 is 4.74 Å². The van der Waals surface area contributed by atoms with Crippen molar-refractivity contribution in [3.05, 3.63) is 63.1 Å². The maximum absolute atomic E-state index is 6.01. The van der Waals surface area contributed by atoms with E-state index in [1.165, 1.54) is 16.7 Å². The van der Waals surface area contributed by atoms with Crippen LogP contribution in [0.15, 0.2) is 40.9 Å². The fourth-order valence-electron chi connectivity index (χ4n) is 2.23. The van der Waals surface area contributed by atoms with E-state index in [-0.39, 0.29) is 6.04 Å². The van der Waals surface area contributed by atoms with Crippen LogP contribution in [0.1, 0.15) is 35.2 Å². The Kier molecular flexibility index (Phi) is 4.84. The Morgan fingerprint density at radius 1 is 1.15 bits per heavy atom. The average Bonchev–Trinajstić information content (AvgIpc) is 2.39. The summed E-state index contributed by atoms with van der Waals surface area (Å²) in [6.07, 6.45) is 0. The third-order valence-electron chi connectivity index (χ3n) is 3.48. The lowest BCUT2D eigenvalue weighted by molar-refractivity contribution is 0.300. The van der Waals surface area contributed by atoms with Gasteiger partial charge in [0.15, 0.2) is 0 Å². The SMILES string of the molecule is Cc1cccc(C)c1COc1ccc(Br)cc1C(C)N. The van der Waals surface area contributed by atoms with E-state index in [4.69, 9.17) is 10.5 Å². The molecule has 0 aromatic heterocycles. The molecular weight excluding hydrogens is 314 g/mol. The molecule has 2 rings (SSSR count). The predicted molar refractivity (Wildman–Crippen MR) is 87.0 cm³/mol. The molecule has 0 saturated carbocycles. The van der Waals surface area contributed by atoms with Gasteiger partial charge in [-0.3, -0.25) is 0 Å². The molecule has 2 aromatic carbocycles. The third-order valence-corrected chi connectivity index (χ3v) is 3.97. The second-order valence-corrected chi connectivity index (χ2v) is 6.05. The van der Waals surface area contributed by atoms with Crippen molar-refractivity contribution in [3.8, 4) is 5.75 Å². The summed E-state index contributed by atoms with van der Waals surface area (Å²) in [5.41, 5.74) is 10.8. The molecule has 0 spiro atoms. The molecule has 0 aliphatic rings. The number of nitrogens with two attached hydrogens (primary N) is 1. The van der Waals surface area contributed by atoms with Crippen molar-refractivity contribution >= 4 is 15.9 Å². The summed E-state index contributed by atoms with van der Waals surface area (Å²) in [4.78, 5) is 0. The molecule has 2 N–H and O–H groups in total. The lowest BCUT2D eigenvalue weighted by atomic mass is 10.0. The molecule has 0 radical (unpaired) electrons. The zero-order valence-corrected chi connectivity index (χ0v) is 13.7. The molecule has 0 heterocycles. The van der Waals surface area contributed by atoms with Gasteiger partial charge in [-0.25, -0.2) is 0 Å². The van der Waals surface area contributed by atoms with Crippen LogP contribution in [-0.2, 0) is 6.61 Å². The number of hydrogen-bond acceptors (Lipinski definition) is 2. The molecule has 0 saturated heterocycles. The third kappa shape index (κ3) is 3.41. The number of halogens is 1. The molecule has 0 aliphatic carbocycles. The van der Waals surface area contributed by atoms with Crippen LogP contribution < -0.4 is 10.5 Å². The van der Waals surface area contributed by atoms with Crippen molar-refractivity contribution in [2.75, 3.05) is 0 Å². The van der Waals surface area contributed by atoms with E-state index in [1.807, 2.05) is 25.1 Å². The zero-order valence-electron chi connectivity index (χ0n) is 12.1. The molecule has 3 heteroatoms. The summed E-state index contributed by atoms with van der Waals surface area (Å²) in [5.74, 6) is 0.853. The lowest BCUT2D eigenvalue weighted by Gasteiger charge is -2.16. The highest BCUT2D eigenvalue weighted by molar-refractivity contribution is 9.10. The van der Waals surface area contributed by atoms with Gasteiger partial charge < -0.3 is 10.5 Å². The topological polar surface area (TPSA) is 35.2 Å². The summed E-state index contributed by atoms with van der Waals surface area (Å²) in [7, 11) is 0. The van der Waals surface area contributed by atoms with Gasteiger partial charge in [0.25, 0.3) is 0 Å². The maximum Gasteiger partial charge on any atom is 0.124 e. The van der Waals surface area contributed by atoms with Crippen molar-refractivity contribution in [2.24, 2.45) is 5.73 Å². The minimum Gasteiger partial charge on any atom is -0.489 e. The summed E-state index contributed by atoms with van der Waals surface area (Å²) < 4.78 is 7.02. The van der Waals surface area contributed by atoms with Gasteiger partial charge in [-0.1, -0.05) is 34.1 Å². The maximum atomic E-state index is 6.01. The van der Waals surface area contributed by atoms with Crippen LogP contribution in [0, 0.1) is 13.8 Å². The van der Waals surface area contributed by atoms with E-state index in [0.29, 0.717) is 6.61 Å². The van der Waals surface area contributed by atoms with Gasteiger partial charge in [-0.15, -0.1) is 0 Å². The minimum atomic E-state index is -0.0551. The van der Waals surface area contributed by atoms with E-state index in [1.54, 1.807) is 0 Å². The van der Waals surface area contributed by atoms with Crippen LogP contribution in [0.4, 0.5) is 0 Å². The average molecular weight is 334 g/mol. The quantitative estimate of drug-likeness (QED) is 0.882. The summed E-state index contributed by atoms with van der Waals surface area (Å²) in [6.45, 7) is 6.76. The fraction of sp³-hybridized carbons (Fsp3) is 0.294. The number of benzene rings is 2. The van der Waals surface area contributed by atoms with Crippen molar-refractivity contribution in [3.63, 3.8) is 0 Å². The highest BCUT2D eigenvalue weighted by Crippen LogP contribution is 2.28. The molecule has 106 valence electrons. The molecule has 0 bridgehead atoms. The van der Waals surface area contributed by atoms with E-state index < -0.39 is 0 Å². The Bertz CT molecular complexity index is 588. The zero-order chi connectivity index (χ0) is 14.7. The standard InChI is InChI=1S/C17H20BrNO/c1-11-5-4-6-12(2)16(11)10-20-17-8-7-14(18)9-15(17)13(3)19/h4-9,13H,10,19H2,1-3H3. The molecule has 0 fully saturated rings. The van der Waals surface area contributed by atoms with E-state index >= 15 is 0 Å². The van der Waals surface area contributed by atoms with Crippen molar-refractivity contribution in [2.45, 2.75) is 33.4 Å². The Morgan fingerprint density at radius 2 is 1.80 bits per heavy atom. The van der Waals surface area contributed by atoms with Gasteiger partial charge >= 0.3 is 0 Å². The highest BCUT2D eigenvalue weighted by atomic mass is 79.9. The monoisotopic (exact) mass is 333 g/mol. The van der Waals surface area contributed by atoms with E-state index in [9.17, 15) is 0 Å². The van der Waals surface area contributed by atoms with Crippen LogP contribution in [0.5, 0.6) is 5.75 Å². The first-order valence-corrected chi connectivity index (χ1v) is 7.51. The van der Waals surface area contributed by atoms with Gasteiger partial charge in [0.2, 0.25) is 0 Å². The number of hydrogen-bond donors (Lipinski definition) is 1. The Morgan fingerprint density at radius 3 is 2.40 bits per heavy atom. The van der Waals surface area contributed by atoms with Crippen LogP contribution in [0.25, 0.3) is 0 Å². The molecule has 0 aliphatic heterocycles. The van der Waals surface area contributed by atoms with Gasteiger partial charge in [0, 0.05) is 16.1 Å². The molecule has 1 atom stereocenters. The minimum absolute atomic E-state index is 0.0551. The van der Waals surface area contributed by atoms with E-state index in [2.05, 4.69) is 48.0 Å². The largest absolute Gasteiger partial charge is 0.489 e. The first kappa shape index (κ1) is 15.1. The summed E-state index contributed by atoms with van der Waals surface area (Å²) in [5, 5.41) is 0. The number of ether oxygens (including phenoxy) is 1. The van der Waals surface area contributed by atoms with Crippen LogP contribution in [0.2, 0.25) is 0 Å². The van der Waals surface area contributed by atoms with Crippen molar-refractivity contribution in [1.82, 2.24) is 0 Å². The second-order valence-electron chi connectivity index (χ2n) is 5.13. The summed E-state index contributed by atoms with van der Waals surface area (Å²) in [6, 6.07) is 12.2. The first-order chi connectivity index (χ1) is 9.49. The van der Waals surface area contributed by atoms with Gasteiger partial charge in [0.1, 0.15) is 12.4 Å². The molecule has 0 amide bonds. The van der Waals surface area contributed by atoms with Crippen LogP contribution >= 0.6 is 15.9 Å². The molecular formula is C17H20BrNO. The lowest BCUT2D eigenvalue weighted by Crippen LogP contribution is -2.09. The predicted octanol–water partition coefficient (Wildman–Crippen LogP) is 4.66. The number of rotatable bonds is 4. The second kappa shape index (κ2) is 6.42. The van der Waals surface area contributed by atoms with Crippen LogP contribution in [0.3, 0.4) is 0 Å². The van der Waals surface area contributed by atoms with Gasteiger partial charge in [-0.2, -0.15) is 0 Å². The fourth-order valence-corrected chi connectivity index (χ4v) is 2.61. The smallest absolute Gasteiger partial charge is 0.124 e. The Hall–Kier alpha value is -1.32. The normalized spacial score (nSPS) is 12.2. The van der Waals surface area contributed by atoms with Crippen molar-refractivity contribution in [1.29, 1.82) is 0 Å². The Labute approximate surface area is 129 Å². The van der Waals surface area contributed by atoms with Gasteiger partial charge in [-0.05, 0) is 55.7 Å². The van der Waals surface area contributed by atoms with Crippen LogP contribution in [-0.4, -0.2) is 0 Å². The molecule has 2 aromatic rings. The first-order valence-electron chi connectivity index (χ1n) is 6.72. The Balaban J connectivity index is 2.23. The van der Waals surface area contributed by atoms with E-state index in [0.717, 1.165) is 15.8 Å². The molecule has 2 nitrogen and oxygen atoms in total. The molecule has 20 heavy (non-hydrogen) atoms. The molecule has 1 unspecified atom stereocenters. The van der Waals surface area contributed by atoms with Gasteiger partial charge in [0.05, 0.1) is 0 Å². The summed E-state index contributed by atoms with van der Waals surface area (Å²) >= 11 is 3.47. The number of aryl methyl sites for hydroxylation is 2.